The molecule has 0 aliphatic carbocycles. The number of carbonyl (C=O) groups is 2. The van der Waals surface area contributed by atoms with Crippen LogP contribution in [0.1, 0.15) is 36.5 Å². The monoisotopic (exact) mass is 421 g/mol. The molecule has 2 aromatic rings. The maximum Gasteiger partial charge on any atom is 0.325 e. The number of amides is 3. The van der Waals surface area contributed by atoms with Gasteiger partial charge in [0.15, 0.2) is 0 Å². The van der Waals surface area contributed by atoms with Crippen molar-refractivity contribution in [2.75, 3.05) is 38.1 Å². The number of nitrogens with zero attached hydrogens (tertiary/aromatic N) is 3. The van der Waals surface area contributed by atoms with Gasteiger partial charge < -0.3 is 14.5 Å². The van der Waals surface area contributed by atoms with Crippen molar-refractivity contribution < 1.29 is 14.3 Å². The summed E-state index contributed by atoms with van der Waals surface area (Å²) in [4.78, 5) is 30.7. The molecule has 31 heavy (non-hydrogen) atoms. The Bertz CT molecular complexity index is 941. The maximum atomic E-state index is 12.9. The van der Waals surface area contributed by atoms with Crippen LogP contribution in [0.25, 0.3) is 0 Å². The first-order valence-electron chi connectivity index (χ1n) is 11.0. The predicted octanol–water partition coefficient (Wildman–Crippen LogP) is 3.65. The third-order valence-electron chi connectivity index (χ3n) is 6.24. The van der Waals surface area contributed by atoms with Crippen molar-refractivity contribution in [1.29, 1.82) is 0 Å². The van der Waals surface area contributed by atoms with Crippen LogP contribution in [0.3, 0.4) is 0 Å². The minimum atomic E-state index is -0.109. The maximum absolute atomic E-state index is 12.9. The van der Waals surface area contributed by atoms with E-state index in [1.165, 1.54) is 16.7 Å². The molecular formula is C25H31N3O3. The van der Waals surface area contributed by atoms with Gasteiger partial charge in [0, 0.05) is 38.8 Å². The molecule has 0 N–H and O–H groups in total. The summed E-state index contributed by atoms with van der Waals surface area (Å²) in [6.45, 7) is 6.65. The minimum absolute atomic E-state index is 0.0194. The zero-order valence-corrected chi connectivity index (χ0v) is 18.6. The van der Waals surface area contributed by atoms with E-state index in [0.717, 1.165) is 12.1 Å². The molecule has 1 atom stereocenters. The molecule has 1 saturated heterocycles. The minimum Gasteiger partial charge on any atom is -0.371 e. The largest absolute Gasteiger partial charge is 0.371 e. The highest BCUT2D eigenvalue weighted by Gasteiger charge is 2.32. The van der Waals surface area contributed by atoms with Crippen LogP contribution in [0.15, 0.2) is 48.5 Å². The summed E-state index contributed by atoms with van der Waals surface area (Å²) in [5, 5.41) is 0. The second-order valence-corrected chi connectivity index (χ2v) is 8.78. The molecule has 2 aliphatic heterocycles. The first kappa shape index (κ1) is 21.4. The molecule has 6 heteroatoms. The van der Waals surface area contributed by atoms with Crippen LogP contribution in [-0.2, 0) is 22.6 Å². The van der Waals surface area contributed by atoms with Crippen LogP contribution in [0.2, 0.25) is 0 Å². The van der Waals surface area contributed by atoms with Gasteiger partial charge in [0.05, 0.1) is 12.7 Å². The SMILES string of the molecule is CC(C)c1ccc(N2CCN(CC(=O)N(C)CC3Cc4ccccc4CO3)C2=O)cc1. The van der Waals surface area contributed by atoms with Gasteiger partial charge in [-0.15, -0.1) is 0 Å². The number of hydrogen-bond donors (Lipinski definition) is 0. The summed E-state index contributed by atoms with van der Waals surface area (Å²) in [7, 11) is 1.79. The molecule has 3 amide bonds. The summed E-state index contributed by atoms with van der Waals surface area (Å²) < 4.78 is 5.93. The Labute approximate surface area is 184 Å². The van der Waals surface area contributed by atoms with Crippen molar-refractivity contribution >= 4 is 17.6 Å². The number of benzene rings is 2. The molecule has 1 fully saturated rings. The Morgan fingerprint density at radius 2 is 1.81 bits per heavy atom. The van der Waals surface area contributed by atoms with E-state index in [0.29, 0.717) is 32.2 Å². The molecule has 0 saturated carbocycles. The quantitative estimate of drug-likeness (QED) is 0.715. The third kappa shape index (κ3) is 4.74. The Balaban J connectivity index is 1.31. The van der Waals surface area contributed by atoms with E-state index in [2.05, 4.69) is 38.1 Å². The van der Waals surface area contributed by atoms with E-state index in [1.54, 1.807) is 21.7 Å². The van der Waals surface area contributed by atoms with Crippen molar-refractivity contribution in [3.8, 4) is 0 Å². The molecule has 2 aliphatic rings. The Kier molecular flexibility index (Phi) is 6.28. The van der Waals surface area contributed by atoms with E-state index < -0.39 is 0 Å². The fraction of sp³-hybridized carbons (Fsp3) is 0.440. The first-order chi connectivity index (χ1) is 14.9. The lowest BCUT2D eigenvalue weighted by molar-refractivity contribution is -0.132. The lowest BCUT2D eigenvalue weighted by Gasteiger charge is -2.29. The average molecular weight is 422 g/mol. The molecule has 6 nitrogen and oxygen atoms in total. The average Bonchev–Trinajstić information content (AvgIpc) is 3.13. The zero-order chi connectivity index (χ0) is 22.0. The molecular weight excluding hydrogens is 390 g/mol. The number of fused-ring (bicyclic) bond motifs is 1. The van der Waals surface area contributed by atoms with E-state index in [1.807, 2.05) is 24.3 Å². The summed E-state index contributed by atoms with van der Waals surface area (Å²) in [5.74, 6) is 0.391. The molecule has 2 aromatic carbocycles. The van der Waals surface area contributed by atoms with Gasteiger partial charge in [-0.05, 0) is 34.7 Å². The lowest BCUT2D eigenvalue weighted by atomic mass is 9.99. The van der Waals surface area contributed by atoms with Crippen LogP contribution in [0, 0.1) is 0 Å². The van der Waals surface area contributed by atoms with Crippen molar-refractivity contribution in [1.82, 2.24) is 9.80 Å². The number of urea groups is 1. The highest BCUT2D eigenvalue weighted by molar-refractivity contribution is 5.96. The summed E-state index contributed by atoms with van der Waals surface area (Å²) >= 11 is 0. The van der Waals surface area contributed by atoms with E-state index in [-0.39, 0.29) is 24.6 Å². The highest BCUT2D eigenvalue weighted by Crippen LogP contribution is 2.24. The van der Waals surface area contributed by atoms with Crippen LogP contribution >= 0.6 is 0 Å². The van der Waals surface area contributed by atoms with Crippen LogP contribution in [-0.4, -0.2) is 61.1 Å². The van der Waals surface area contributed by atoms with Crippen LogP contribution in [0.4, 0.5) is 10.5 Å². The molecule has 4 rings (SSSR count). The molecule has 164 valence electrons. The van der Waals surface area contributed by atoms with Crippen molar-refractivity contribution in [2.24, 2.45) is 0 Å². The molecule has 0 aromatic heterocycles. The normalized spacial score (nSPS) is 18.5. The van der Waals surface area contributed by atoms with Gasteiger partial charge in [-0.1, -0.05) is 50.2 Å². The topological polar surface area (TPSA) is 53.1 Å². The Morgan fingerprint density at radius 3 is 2.52 bits per heavy atom. The second kappa shape index (κ2) is 9.10. The predicted molar refractivity (Wildman–Crippen MR) is 121 cm³/mol. The number of carbonyl (C=O) groups excluding carboxylic acids is 2. The van der Waals surface area contributed by atoms with Gasteiger partial charge in [-0.3, -0.25) is 9.69 Å². The van der Waals surface area contributed by atoms with Gasteiger partial charge in [-0.25, -0.2) is 4.79 Å². The fourth-order valence-corrected chi connectivity index (χ4v) is 4.23. The number of anilines is 1. The molecule has 1 unspecified atom stereocenters. The molecule has 0 bridgehead atoms. The summed E-state index contributed by atoms with van der Waals surface area (Å²) in [6.07, 6.45) is 0.783. The van der Waals surface area contributed by atoms with Gasteiger partial charge in [0.25, 0.3) is 0 Å². The standard InChI is InChI=1S/C25H31N3O3/c1-18(2)19-8-10-22(11-9-19)28-13-12-27(25(28)30)16-24(29)26(3)15-23-14-20-6-4-5-7-21(20)17-31-23/h4-11,18,23H,12-17H2,1-3H3. The summed E-state index contributed by atoms with van der Waals surface area (Å²) in [6, 6.07) is 16.3. The van der Waals surface area contributed by atoms with Crippen molar-refractivity contribution in [3.63, 3.8) is 0 Å². The molecule has 0 radical (unpaired) electrons. The van der Waals surface area contributed by atoms with Crippen LogP contribution < -0.4 is 4.90 Å². The lowest BCUT2D eigenvalue weighted by Crippen LogP contribution is -2.44. The van der Waals surface area contributed by atoms with E-state index in [4.69, 9.17) is 4.74 Å². The van der Waals surface area contributed by atoms with E-state index >= 15 is 0 Å². The summed E-state index contributed by atoms with van der Waals surface area (Å²) in [5.41, 5.74) is 4.63. The molecule has 2 heterocycles. The zero-order valence-electron chi connectivity index (χ0n) is 18.6. The number of ether oxygens (including phenoxy) is 1. The van der Waals surface area contributed by atoms with E-state index in [9.17, 15) is 9.59 Å². The van der Waals surface area contributed by atoms with Crippen LogP contribution in [0.5, 0.6) is 0 Å². The smallest absolute Gasteiger partial charge is 0.325 e. The Hall–Kier alpha value is -2.86. The number of hydrogen-bond acceptors (Lipinski definition) is 3. The fourth-order valence-electron chi connectivity index (χ4n) is 4.23. The highest BCUT2D eigenvalue weighted by atomic mass is 16.5. The second-order valence-electron chi connectivity index (χ2n) is 8.78. The van der Waals surface area contributed by atoms with Crippen molar-refractivity contribution in [3.05, 3.63) is 65.2 Å². The number of likely N-dealkylation sites (N-methyl/N-ethyl adjacent to an activating group) is 1. The van der Waals surface area contributed by atoms with Gasteiger partial charge in [0.2, 0.25) is 5.91 Å². The van der Waals surface area contributed by atoms with Crippen molar-refractivity contribution in [2.45, 2.75) is 38.9 Å². The number of rotatable bonds is 6. The third-order valence-corrected chi connectivity index (χ3v) is 6.24. The van der Waals surface area contributed by atoms with Gasteiger partial charge in [0.1, 0.15) is 6.54 Å². The first-order valence-corrected chi connectivity index (χ1v) is 11.0. The van der Waals surface area contributed by atoms with Gasteiger partial charge in [-0.2, -0.15) is 0 Å². The van der Waals surface area contributed by atoms with Gasteiger partial charge >= 0.3 is 6.03 Å². The Morgan fingerprint density at radius 1 is 1.10 bits per heavy atom. The molecule has 0 spiro atoms.